The Bertz CT molecular complexity index is 672. The van der Waals surface area contributed by atoms with Gasteiger partial charge in [-0.15, -0.1) is 0 Å². The first kappa shape index (κ1) is 14.3. The van der Waals surface area contributed by atoms with Crippen molar-refractivity contribution in [3.8, 4) is 0 Å². The Kier molecular flexibility index (Phi) is 3.41. The minimum absolute atomic E-state index is 0.00305. The molecule has 3 rings (SSSR count). The number of aliphatic hydroxyl groups excluding tert-OH is 1. The number of fused-ring (bicyclic) bond motifs is 1. The molecule has 2 heterocycles. The fraction of sp³-hybridized carbons (Fsp3) is 0.500. The van der Waals surface area contributed by atoms with Gasteiger partial charge in [0.05, 0.1) is 30.1 Å². The van der Waals surface area contributed by atoms with E-state index in [1.54, 1.807) is 0 Å². The number of sulfone groups is 1. The van der Waals surface area contributed by atoms with Crippen LogP contribution in [0.25, 0.3) is 0 Å². The largest absolute Gasteiger partial charge is 0.481 e. The average molecular weight is 311 g/mol. The van der Waals surface area contributed by atoms with Crippen LogP contribution in [0.15, 0.2) is 24.3 Å². The molecular weight excluding hydrogens is 294 g/mol. The second-order valence-corrected chi connectivity index (χ2v) is 7.87. The predicted octanol–water partition coefficient (Wildman–Crippen LogP) is 0.223. The molecule has 7 heteroatoms. The predicted molar refractivity (Wildman–Crippen MR) is 77.2 cm³/mol. The van der Waals surface area contributed by atoms with E-state index in [2.05, 4.69) is 0 Å². The first-order valence-electron chi connectivity index (χ1n) is 6.83. The van der Waals surface area contributed by atoms with Crippen LogP contribution in [0.5, 0.6) is 0 Å². The van der Waals surface area contributed by atoms with Crippen LogP contribution >= 0.6 is 0 Å². The molecule has 0 aromatic heterocycles. The number of aliphatic hydroxyl groups is 1. The average Bonchev–Trinajstić information content (AvgIpc) is 2.87. The SMILES string of the molecule is O=C(O)CC1CN(C2CS(=O)(=O)CC2O)c2ccccc21. The summed E-state index contributed by atoms with van der Waals surface area (Å²) in [7, 11) is -3.23. The number of carbonyl (C=O) groups is 1. The van der Waals surface area contributed by atoms with Gasteiger partial charge in [-0.1, -0.05) is 18.2 Å². The van der Waals surface area contributed by atoms with Crippen molar-refractivity contribution < 1.29 is 23.4 Å². The monoisotopic (exact) mass is 311 g/mol. The van der Waals surface area contributed by atoms with Crippen molar-refractivity contribution in [1.29, 1.82) is 0 Å². The van der Waals surface area contributed by atoms with E-state index in [0.717, 1.165) is 11.3 Å². The molecule has 21 heavy (non-hydrogen) atoms. The number of carboxylic acid groups (broad SMARTS) is 1. The molecule has 1 saturated heterocycles. The molecule has 0 amide bonds. The van der Waals surface area contributed by atoms with E-state index in [-0.39, 0.29) is 23.8 Å². The van der Waals surface area contributed by atoms with Crippen LogP contribution in [0.2, 0.25) is 0 Å². The van der Waals surface area contributed by atoms with E-state index in [4.69, 9.17) is 5.11 Å². The Morgan fingerprint density at radius 1 is 1.29 bits per heavy atom. The Balaban J connectivity index is 1.93. The molecule has 1 aromatic carbocycles. The minimum atomic E-state index is -3.23. The third kappa shape index (κ3) is 2.63. The number of carboxylic acids is 1. The van der Waals surface area contributed by atoms with Gasteiger partial charge in [-0.25, -0.2) is 8.42 Å². The summed E-state index contributed by atoms with van der Waals surface area (Å²) in [6.45, 7) is 0.433. The van der Waals surface area contributed by atoms with Gasteiger partial charge in [-0.05, 0) is 11.6 Å². The van der Waals surface area contributed by atoms with Crippen molar-refractivity contribution in [2.45, 2.75) is 24.5 Å². The standard InChI is InChI=1S/C14H17NO5S/c16-13-8-21(19,20)7-12(13)15-6-9(5-14(17)18)10-3-1-2-4-11(10)15/h1-4,9,12-13,16H,5-8H2,(H,17,18). The minimum Gasteiger partial charge on any atom is -0.481 e. The van der Waals surface area contributed by atoms with E-state index < -0.39 is 28.0 Å². The van der Waals surface area contributed by atoms with E-state index in [0.29, 0.717) is 6.54 Å². The number of para-hydroxylation sites is 1. The molecule has 0 saturated carbocycles. The molecule has 1 fully saturated rings. The van der Waals surface area contributed by atoms with Crippen molar-refractivity contribution in [3.63, 3.8) is 0 Å². The van der Waals surface area contributed by atoms with Crippen LogP contribution < -0.4 is 4.90 Å². The molecular formula is C14H17NO5S. The molecule has 2 aliphatic heterocycles. The highest BCUT2D eigenvalue weighted by atomic mass is 32.2. The summed E-state index contributed by atoms with van der Waals surface area (Å²) in [6.07, 6.45) is -0.921. The van der Waals surface area contributed by atoms with Gasteiger partial charge in [0.1, 0.15) is 0 Å². The van der Waals surface area contributed by atoms with Crippen molar-refractivity contribution >= 4 is 21.5 Å². The first-order chi connectivity index (χ1) is 9.87. The zero-order valence-electron chi connectivity index (χ0n) is 11.3. The molecule has 2 N–H and O–H groups in total. The normalized spacial score (nSPS) is 30.3. The third-order valence-electron chi connectivity index (χ3n) is 4.22. The fourth-order valence-electron chi connectivity index (χ4n) is 3.34. The lowest BCUT2D eigenvalue weighted by Gasteiger charge is -2.28. The van der Waals surface area contributed by atoms with Gasteiger partial charge in [0.25, 0.3) is 0 Å². The second kappa shape index (κ2) is 4.99. The Hall–Kier alpha value is -1.60. The molecule has 114 valence electrons. The molecule has 1 aromatic rings. The smallest absolute Gasteiger partial charge is 0.304 e. The maximum absolute atomic E-state index is 11.7. The number of hydrogen-bond acceptors (Lipinski definition) is 5. The summed E-state index contributed by atoms with van der Waals surface area (Å²) in [5.41, 5.74) is 1.75. The molecule has 6 nitrogen and oxygen atoms in total. The molecule has 0 radical (unpaired) electrons. The highest BCUT2D eigenvalue weighted by molar-refractivity contribution is 7.91. The topological polar surface area (TPSA) is 94.9 Å². The first-order valence-corrected chi connectivity index (χ1v) is 8.65. The highest BCUT2D eigenvalue weighted by Crippen LogP contribution is 2.40. The van der Waals surface area contributed by atoms with Crippen LogP contribution in [0.4, 0.5) is 5.69 Å². The zero-order chi connectivity index (χ0) is 15.2. The van der Waals surface area contributed by atoms with Crippen LogP contribution in [-0.2, 0) is 14.6 Å². The van der Waals surface area contributed by atoms with Crippen molar-refractivity contribution in [2.24, 2.45) is 0 Å². The number of anilines is 1. The van der Waals surface area contributed by atoms with Crippen molar-refractivity contribution in [3.05, 3.63) is 29.8 Å². The van der Waals surface area contributed by atoms with E-state index in [1.165, 1.54) is 0 Å². The lowest BCUT2D eigenvalue weighted by atomic mass is 9.98. The van der Waals surface area contributed by atoms with Gasteiger partial charge < -0.3 is 15.1 Å². The molecule has 3 atom stereocenters. The number of rotatable bonds is 3. The Morgan fingerprint density at radius 3 is 2.62 bits per heavy atom. The fourth-order valence-corrected chi connectivity index (χ4v) is 5.14. The zero-order valence-corrected chi connectivity index (χ0v) is 12.2. The van der Waals surface area contributed by atoms with E-state index in [9.17, 15) is 18.3 Å². The van der Waals surface area contributed by atoms with E-state index in [1.807, 2.05) is 29.2 Å². The summed E-state index contributed by atoms with van der Waals surface area (Å²) >= 11 is 0. The molecule has 2 aliphatic rings. The van der Waals surface area contributed by atoms with Gasteiger partial charge in [-0.3, -0.25) is 4.79 Å². The number of nitrogens with zero attached hydrogens (tertiary/aromatic N) is 1. The molecule has 0 spiro atoms. The summed E-state index contributed by atoms with van der Waals surface area (Å²) in [4.78, 5) is 12.9. The summed E-state index contributed by atoms with van der Waals surface area (Å²) < 4.78 is 23.4. The maximum Gasteiger partial charge on any atom is 0.304 e. The lowest BCUT2D eigenvalue weighted by Crippen LogP contribution is -2.42. The lowest BCUT2D eigenvalue weighted by molar-refractivity contribution is -0.137. The summed E-state index contributed by atoms with van der Waals surface area (Å²) in [5, 5.41) is 19.1. The summed E-state index contributed by atoms with van der Waals surface area (Å²) in [6, 6.07) is 6.92. The van der Waals surface area contributed by atoms with Crippen molar-refractivity contribution in [2.75, 3.05) is 23.0 Å². The van der Waals surface area contributed by atoms with Crippen LogP contribution in [0.3, 0.4) is 0 Å². The van der Waals surface area contributed by atoms with Crippen LogP contribution in [0.1, 0.15) is 17.9 Å². The van der Waals surface area contributed by atoms with Crippen LogP contribution in [0, 0.1) is 0 Å². The van der Waals surface area contributed by atoms with Gasteiger partial charge in [0.15, 0.2) is 9.84 Å². The van der Waals surface area contributed by atoms with Crippen LogP contribution in [-0.4, -0.2) is 54.8 Å². The second-order valence-electron chi connectivity index (χ2n) is 5.72. The summed E-state index contributed by atoms with van der Waals surface area (Å²) in [5.74, 6) is -1.35. The third-order valence-corrected chi connectivity index (χ3v) is 5.92. The molecule has 0 bridgehead atoms. The highest BCUT2D eigenvalue weighted by Gasteiger charge is 2.43. The number of aliphatic carboxylic acids is 1. The maximum atomic E-state index is 11.7. The molecule has 3 unspecified atom stereocenters. The Labute approximate surface area is 122 Å². The van der Waals surface area contributed by atoms with Gasteiger partial charge in [-0.2, -0.15) is 0 Å². The van der Waals surface area contributed by atoms with E-state index >= 15 is 0 Å². The van der Waals surface area contributed by atoms with Gasteiger partial charge >= 0.3 is 5.97 Å². The van der Waals surface area contributed by atoms with Crippen molar-refractivity contribution in [1.82, 2.24) is 0 Å². The quantitative estimate of drug-likeness (QED) is 0.829. The Morgan fingerprint density at radius 2 is 2.00 bits per heavy atom. The van der Waals surface area contributed by atoms with Gasteiger partial charge in [0.2, 0.25) is 0 Å². The number of benzene rings is 1. The molecule has 0 aliphatic carbocycles. The number of hydrogen-bond donors (Lipinski definition) is 2. The van der Waals surface area contributed by atoms with Gasteiger partial charge in [0, 0.05) is 18.2 Å².